The molecule has 1 aromatic heterocycles. The second-order valence-corrected chi connectivity index (χ2v) is 7.20. The van der Waals surface area contributed by atoms with Crippen molar-refractivity contribution in [2.75, 3.05) is 11.9 Å². The molecule has 0 fully saturated rings. The molecule has 1 N–H and O–H groups in total. The molecule has 4 rings (SSSR count). The van der Waals surface area contributed by atoms with Crippen LogP contribution in [0.3, 0.4) is 0 Å². The number of nitrogens with one attached hydrogen (secondary N) is 1. The number of amides is 1. The highest BCUT2D eigenvalue weighted by molar-refractivity contribution is 9.10. The number of anilines is 1. The van der Waals surface area contributed by atoms with E-state index >= 15 is 0 Å². The second-order valence-electron chi connectivity index (χ2n) is 6.28. The monoisotopic (exact) mass is 468 g/mol. The number of aromatic nitrogens is 1. The Bertz CT molecular complexity index is 1220. The molecular formula is C22H14BrFN2O4. The number of carbonyl (C=O) groups is 2. The molecule has 0 radical (unpaired) electrons. The second kappa shape index (κ2) is 8.46. The van der Waals surface area contributed by atoms with Crippen LogP contribution in [-0.4, -0.2) is 23.5 Å². The first-order valence-electron chi connectivity index (χ1n) is 8.88. The fourth-order valence-electron chi connectivity index (χ4n) is 2.82. The van der Waals surface area contributed by atoms with E-state index in [1.807, 2.05) is 12.1 Å². The average molecular weight is 469 g/mol. The van der Waals surface area contributed by atoms with Gasteiger partial charge in [0.05, 0.1) is 16.8 Å². The van der Waals surface area contributed by atoms with Gasteiger partial charge in [-0.2, -0.15) is 0 Å². The smallest absolute Gasteiger partial charge is 0.339 e. The van der Waals surface area contributed by atoms with Crippen LogP contribution in [0.5, 0.6) is 0 Å². The lowest BCUT2D eigenvalue weighted by atomic mass is 10.1. The normalized spacial score (nSPS) is 10.7. The van der Waals surface area contributed by atoms with Crippen LogP contribution in [0.1, 0.15) is 10.4 Å². The summed E-state index contributed by atoms with van der Waals surface area (Å²) in [7, 11) is 0. The lowest BCUT2D eigenvalue weighted by molar-refractivity contribution is -0.119. The number of carbonyl (C=O) groups excluding carboxylic acids is 2. The first-order chi connectivity index (χ1) is 14.5. The Labute approximate surface area is 178 Å². The molecule has 0 saturated heterocycles. The van der Waals surface area contributed by atoms with Crippen molar-refractivity contribution in [3.05, 3.63) is 82.6 Å². The van der Waals surface area contributed by atoms with E-state index in [0.29, 0.717) is 21.1 Å². The Balaban J connectivity index is 1.48. The summed E-state index contributed by atoms with van der Waals surface area (Å²) in [6.07, 6.45) is 0. The van der Waals surface area contributed by atoms with Crippen LogP contribution < -0.4 is 5.32 Å². The van der Waals surface area contributed by atoms with Gasteiger partial charge in [0.15, 0.2) is 12.2 Å². The van der Waals surface area contributed by atoms with Gasteiger partial charge in [0.2, 0.25) is 5.89 Å². The van der Waals surface area contributed by atoms with Gasteiger partial charge >= 0.3 is 5.97 Å². The maximum absolute atomic E-state index is 13.8. The predicted octanol–water partition coefficient (Wildman–Crippen LogP) is 5.19. The Morgan fingerprint density at radius 2 is 1.83 bits per heavy atom. The molecule has 8 heteroatoms. The zero-order valence-corrected chi connectivity index (χ0v) is 17.0. The molecule has 3 aromatic carbocycles. The molecule has 0 aliphatic heterocycles. The Morgan fingerprint density at radius 3 is 2.63 bits per heavy atom. The molecule has 1 heterocycles. The summed E-state index contributed by atoms with van der Waals surface area (Å²) in [6.45, 7) is -0.573. The molecule has 0 aliphatic carbocycles. The number of ether oxygens (including phenoxy) is 1. The summed E-state index contributed by atoms with van der Waals surface area (Å²) in [5.41, 5.74) is 1.88. The highest BCUT2D eigenvalue weighted by Crippen LogP contribution is 2.27. The number of oxazole rings is 1. The van der Waals surface area contributed by atoms with Crippen molar-refractivity contribution in [3.8, 4) is 11.5 Å². The fraction of sp³-hybridized carbons (Fsp3) is 0.0455. The van der Waals surface area contributed by atoms with Crippen LogP contribution in [-0.2, 0) is 9.53 Å². The SMILES string of the molecule is O=C(COC(=O)c1ccccc1-c1nc2ccccc2o1)Nc1ccc(Br)cc1F. The van der Waals surface area contributed by atoms with E-state index in [2.05, 4.69) is 26.2 Å². The van der Waals surface area contributed by atoms with Crippen molar-refractivity contribution in [2.45, 2.75) is 0 Å². The van der Waals surface area contributed by atoms with Gasteiger partial charge < -0.3 is 14.5 Å². The quantitative estimate of drug-likeness (QED) is 0.407. The van der Waals surface area contributed by atoms with E-state index in [1.54, 1.807) is 42.5 Å². The summed E-state index contributed by atoms with van der Waals surface area (Å²) in [6, 6.07) is 18.1. The number of hydrogen-bond donors (Lipinski definition) is 1. The molecule has 0 aliphatic rings. The van der Waals surface area contributed by atoms with E-state index in [1.165, 1.54) is 12.1 Å². The first kappa shape index (κ1) is 19.8. The van der Waals surface area contributed by atoms with Gasteiger partial charge in [0, 0.05) is 4.47 Å². The van der Waals surface area contributed by atoms with Gasteiger partial charge in [-0.25, -0.2) is 14.2 Å². The van der Waals surface area contributed by atoms with Crippen molar-refractivity contribution < 1.29 is 23.1 Å². The predicted molar refractivity (Wildman–Crippen MR) is 112 cm³/mol. The molecule has 0 unspecified atom stereocenters. The van der Waals surface area contributed by atoms with E-state index in [9.17, 15) is 14.0 Å². The lowest BCUT2D eigenvalue weighted by Gasteiger charge is -2.09. The summed E-state index contributed by atoms with van der Waals surface area (Å²) < 4.78 is 25.2. The van der Waals surface area contributed by atoms with Crippen molar-refractivity contribution in [1.29, 1.82) is 0 Å². The number of benzene rings is 3. The molecule has 0 atom stereocenters. The summed E-state index contributed by atoms with van der Waals surface area (Å²) in [4.78, 5) is 29.0. The molecule has 30 heavy (non-hydrogen) atoms. The Kier molecular flexibility index (Phi) is 5.58. The third-order valence-corrected chi connectivity index (χ3v) is 4.70. The lowest BCUT2D eigenvalue weighted by Crippen LogP contribution is -2.21. The van der Waals surface area contributed by atoms with E-state index in [4.69, 9.17) is 9.15 Å². The summed E-state index contributed by atoms with van der Waals surface area (Å²) in [5.74, 6) is -1.72. The van der Waals surface area contributed by atoms with Gasteiger partial charge in [0.25, 0.3) is 5.91 Å². The average Bonchev–Trinajstić information content (AvgIpc) is 3.18. The minimum absolute atomic E-state index is 0.00822. The number of rotatable bonds is 5. The van der Waals surface area contributed by atoms with Crippen LogP contribution in [0.15, 0.2) is 75.6 Å². The van der Waals surface area contributed by atoms with Crippen molar-refractivity contribution in [1.82, 2.24) is 4.98 Å². The molecule has 1 amide bonds. The Hall–Kier alpha value is -3.52. The maximum atomic E-state index is 13.8. The highest BCUT2D eigenvalue weighted by atomic mass is 79.9. The zero-order chi connectivity index (χ0) is 21.1. The molecule has 4 aromatic rings. The van der Waals surface area contributed by atoms with E-state index in [0.717, 1.165) is 0 Å². The molecule has 0 saturated carbocycles. The van der Waals surface area contributed by atoms with E-state index in [-0.39, 0.29) is 17.1 Å². The van der Waals surface area contributed by atoms with Gasteiger partial charge in [-0.1, -0.05) is 40.2 Å². The molecule has 6 nitrogen and oxygen atoms in total. The van der Waals surface area contributed by atoms with Crippen LogP contribution >= 0.6 is 15.9 Å². The standard InChI is InChI=1S/C22H14BrFN2O4/c23-13-9-10-17(16(24)11-13)25-20(27)12-29-22(28)15-6-2-1-5-14(15)21-26-18-7-3-4-8-19(18)30-21/h1-11H,12H2,(H,25,27). The third-order valence-electron chi connectivity index (χ3n) is 4.21. The summed E-state index contributed by atoms with van der Waals surface area (Å²) in [5, 5.41) is 2.37. The number of fused-ring (bicyclic) bond motifs is 1. The summed E-state index contributed by atoms with van der Waals surface area (Å²) >= 11 is 3.14. The van der Waals surface area contributed by atoms with Crippen molar-refractivity contribution in [2.24, 2.45) is 0 Å². The van der Waals surface area contributed by atoms with Crippen LogP contribution in [0.25, 0.3) is 22.6 Å². The maximum Gasteiger partial charge on any atom is 0.339 e. The third kappa shape index (κ3) is 4.23. The van der Waals surface area contributed by atoms with Gasteiger partial charge in [0.1, 0.15) is 11.3 Å². The first-order valence-corrected chi connectivity index (χ1v) is 9.67. The number of hydrogen-bond acceptors (Lipinski definition) is 5. The Morgan fingerprint density at radius 1 is 1.07 bits per heavy atom. The minimum Gasteiger partial charge on any atom is -0.452 e. The largest absolute Gasteiger partial charge is 0.452 e. The number of nitrogens with zero attached hydrogens (tertiary/aromatic N) is 1. The fourth-order valence-corrected chi connectivity index (χ4v) is 3.15. The molecular weight excluding hydrogens is 455 g/mol. The number of halogens is 2. The zero-order valence-electron chi connectivity index (χ0n) is 15.4. The molecule has 150 valence electrons. The van der Waals surface area contributed by atoms with Crippen LogP contribution in [0, 0.1) is 5.82 Å². The highest BCUT2D eigenvalue weighted by Gasteiger charge is 2.19. The minimum atomic E-state index is -0.723. The van der Waals surface area contributed by atoms with Gasteiger partial charge in [-0.15, -0.1) is 0 Å². The van der Waals surface area contributed by atoms with Gasteiger partial charge in [-0.05, 0) is 42.5 Å². The van der Waals surface area contributed by atoms with Crippen LogP contribution in [0.4, 0.5) is 10.1 Å². The van der Waals surface area contributed by atoms with Crippen molar-refractivity contribution >= 4 is 44.6 Å². The number of esters is 1. The van der Waals surface area contributed by atoms with Gasteiger partial charge in [-0.3, -0.25) is 4.79 Å². The van der Waals surface area contributed by atoms with Crippen LogP contribution in [0.2, 0.25) is 0 Å². The van der Waals surface area contributed by atoms with Crippen molar-refractivity contribution in [3.63, 3.8) is 0 Å². The number of para-hydroxylation sites is 2. The molecule has 0 bridgehead atoms. The molecule has 0 spiro atoms. The topological polar surface area (TPSA) is 81.4 Å². The van der Waals surface area contributed by atoms with E-state index < -0.39 is 24.3 Å².